The van der Waals surface area contributed by atoms with Crippen LogP contribution in [0.3, 0.4) is 0 Å². The monoisotopic (exact) mass is 484 g/mol. The maximum absolute atomic E-state index is 12.8. The largest absolute Gasteiger partial charge is 0.378 e. The Labute approximate surface area is 214 Å². The van der Waals surface area contributed by atoms with E-state index in [1.165, 1.54) is 23.1 Å². The van der Waals surface area contributed by atoms with Crippen LogP contribution in [0.4, 0.5) is 5.82 Å². The first-order valence-corrected chi connectivity index (χ1v) is 13.1. The predicted octanol–water partition coefficient (Wildman–Crippen LogP) is 4.95. The quantitative estimate of drug-likeness (QED) is 0.475. The van der Waals surface area contributed by atoms with Crippen molar-refractivity contribution in [1.29, 1.82) is 0 Å². The fourth-order valence-corrected chi connectivity index (χ4v) is 5.17. The first-order chi connectivity index (χ1) is 17.5. The Hall–Kier alpha value is -3.25. The van der Waals surface area contributed by atoms with Crippen molar-refractivity contribution in [3.8, 4) is 11.4 Å². The molecule has 1 saturated carbocycles. The molecule has 2 aromatic carbocycles. The summed E-state index contributed by atoms with van der Waals surface area (Å²) in [6, 6.07) is 16.7. The van der Waals surface area contributed by atoms with E-state index in [-0.39, 0.29) is 5.92 Å². The van der Waals surface area contributed by atoms with Crippen molar-refractivity contribution >= 4 is 11.7 Å². The number of ether oxygens (including phenoxy) is 1. The molecule has 0 radical (unpaired) electrons. The lowest BCUT2D eigenvalue weighted by atomic mass is 9.84. The molecular weight excluding hydrogens is 448 g/mol. The van der Waals surface area contributed by atoms with Crippen LogP contribution in [0, 0.1) is 19.8 Å². The molecule has 0 bridgehead atoms. The zero-order valence-electron chi connectivity index (χ0n) is 21.7. The third-order valence-corrected chi connectivity index (χ3v) is 7.60. The Balaban J connectivity index is 1.52. The average Bonchev–Trinajstić information content (AvgIpc) is 2.87. The summed E-state index contributed by atoms with van der Waals surface area (Å²) in [5.74, 6) is 2.26. The minimum Gasteiger partial charge on any atom is -0.378 e. The Morgan fingerprint density at radius 1 is 1.00 bits per heavy atom. The van der Waals surface area contributed by atoms with Crippen molar-refractivity contribution in [2.45, 2.75) is 46.1 Å². The third kappa shape index (κ3) is 5.14. The van der Waals surface area contributed by atoms with Gasteiger partial charge in [-0.3, -0.25) is 4.79 Å². The van der Waals surface area contributed by atoms with E-state index >= 15 is 0 Å². The van der Waals surface area contributed by atoms with E-state index in [0.29, 0.717) is 12.5 Å². The van der Waals surface area contributed by atoms with Gasteiger partial charge in [0.05, 0.1) is 12.3 Å². The minimum absolute atomic E-state index is 0.244. The minimum atomic E-state index is 0.244. The Morgan fingerprint density at radius 2 is 1.75 bits per heavy atom. The van der Waals surface area contributed by atoms with Crippen LogP contribution in [0.1, 0.15) is 47.2 Å². The number of aromatic nitrogens is 2. The molecular formula is C30H36N4O2. The number of anilines is 1. The number of aryl methyl sites for hydroxylation is 2. The highest BCUT2D eigenvalue weighted by Crippen LogP contribution is 2.32. The molecule has 1 aliphatic heterocycles. The zero-order valence-corrected chi connectivity index (χ0v) is 21.7. The van der Waals surface area contributed by atoms with Crippen LogP contribution in [0.15, 0.2) is 48.5 Å². The zero-order chi connectivity index (χ0) is 25.1. The van der Waals surface area contributed by atoms with Crippen molar-refractivity contribution in [1.82, 2.24) is 14.9 Å². The molecule has 2 fully saturated rings. The summed E-state index contributed by atoms with van der Waals surface area (Å²) < 4.78 is 5.63. The van der Waals surface area contributed by atoms with Gasteiger partial charge in [0, 0.05) is 56.8 Å². The molecule has 36 heavy (non-hydrogen) atoms. The van der Waals surface area contributed by atoms with Gasteiger partial charge in [0.1, 0.15) is 5.82 Å². The van der Waals surface area contributed by atoms with Gasteiger partial charge in [0.15, 0.2) is 5.82 Å². The molecule has 1 aliphatic carbocycles. The Kier molecular flexibility index (Phi) is 7.33. The maximum atomic E-state index is 12.8. The second-order valence-corrected chi connectivity index (χ2v) is 10.1. The van der Waals surface area contributed by atoms with E-state index in [9.17, 15) is 4.79 Å². The molecule has 6 heteroatoms. The number of carbonyl (C=O) groups is 1. The summed E-state index contributed by atoms with van der Waals surface area (Å²) in [4.78, 5) is 27.4. The number of rotatable bonds is 7. The van der Waals surface area contributed by atoms with Crippen LogP contribution < -0.4 is 4.90 Å². The highest BCUT2D eigenvalue weighted by molar-refractivity contribution is 5.80. The van der Waals surface area contributed by atoms with E-state index in [1.807, 2.05) is 18.2 Å². The fourth-order valence-electron chi connectivity index (χ4n) is 5.17. The van der Waals surface area contributed by atoms with E-state index < -0.39 is 0 Å². The molecule has 1 saturated heterocycles. The van der Waals surface area contributed by atoms with Crippen LogP contribution in [0.25, 0.3) is 11.4 Å². The molecule has 0 unspecified atom stereocenters. The smallest absolute Gasteiger partial charge is 0.225 e. The molecule has 1 amide bonds. The topological polar surface area (TPSA) is 58.6 Å². The predicted molar refractivity (Wildman–Crippen MR) is 143 cm³/mol. The fraction of sp³-hybridized carbons (Fsp3) is 0.433. The number of piperazine rings is 1. The van der Waals surface area contributed by atoms with E-state index in [2.05, 4.69) is 54.0 Å². The number of benzene rings is 2. The van der Waals surface area contributed by atoms with Crippen LogP contribution in [-0.4, -0.2) is 54.1 Å². The molecule has 3 aromatic rings. The summed E-state index contributed by atoms with van der Waals surface area (Å²) >= 11 is 0. The van der Waals surface area contributed by atoms with Gasteiger partial charge in [0.25, 0.3) is 0 Å². The Bertz CT molecular complexity index is 1220. The van der Waals surface area contributed by atoms with E-state index in [4.69, 9.17) is 14.7 Å². The first kappa shape index (κ1) is 24.4. The standard InChI is InChI=1S/C30H36N4O2/c1-21-12-13-22(2)25(18-21)19-26-27(20-36-3)31-28(23-8-5-4-6-9-23)32-29(26)33-14-16-34(17-15-33)30(35)24-10-7-11-24/h4-6,8-9,12-13,18,24H,7,10-11,14-17,19-20H2,1-3H3. The van der Waals surface area contributed by atoms with Crippen molar-refractivity contribution < 1.29 is 9.53 Å². The summed E-state index contributed by atoms with van der Waals surface area (Å²) in [6.45, 7) is 7.74. The highest BCUT2D eigenvalue weighted by atomic mass is 16.5. The SMILES string of the molecule is COCc1nc(-c2ccccc2)nc(N2CCN(C(=O)C3CCC3)CC2)c1Cc1cc(C)ccc1C. The van der Waals surface area contributed by atoms with Gasteiger partial charge in [-0.2, -0.15) is 0 Å². The van der Waals surface area contributed by atoms with Crippen molar-refractivity contribution in [3.05, 3.63) is 76.5 Å². The van der Waals surface area contributed by atoms with Gasteiger partial charge >= 0.3 is 0 Å². The summed E-state index contributed by atoms with van der Waals surface area (Å²) in [5.41, 5.74) is 6.82. The van der Waals surface area contributed by atoms with Crippen LogP contribution in [0.2, 0.25) is 0 Å². The van der Waals surface area contributed by atoms with Gasteiger partial charge in [-0.25, -0.2) is 9.97 Å². The van der Waals surface area contributed by atoms with Crippen molar-refractivity contribution in [2.75, 3.05) is 38.2 Å². The Morgan fingerprint density at radius 3 is 2.42 bits per heavy atom. The number of amides is 1. The van der Waals surface area contributed by atoms with Crippen LogP contribution in [-0.2, 0) is 22.6 Å². The number of hydrogen-bond acceptors (Lipinski definition) is 5. The highest BCUT2D eigenvalue weighted by Gasteiger charge is 2.32. The van der Waals surface area contributed by atoms with E-state index in [1.54, 1.807) is 7.11 Å². The lowest BCUT2D eigenvalue weighted by molar-refractivity contribution is -0.138. The molecule has 188 valence electrons. The van der Waals surface area contributed by atoms with Gasteiger partial charge in [-0.1, -0.05) is 60.5 Å². The molecule has 1 aromatic heterocycles. The molecule has 0 spiro atoms. The number of methoxy groups -OCH3 is 1. The molecule has 5 rings (SSSR count). The average molecular weight is 485 g/mol. The van der Waals surface area contributed by atoms with E-state index in [0.717, 1.165) is 73.9 Å². The molecule has 2 aliphatic rings. The first-order valence-electron chi connectivity index (χ1n) is 13.1. The number of carbonyl (C=O) groups excluding carboxylic acids is 1. The lowest BCUT2D eigenvalue weighted by Gasteiger charge is -2.39. The number of nitrogens with zero attached hydrogens (tertiary/aromatic N) is 4. The second kappa shape index (κ2) is 10.8. The van der Waals surface area contributed by atoms with Gasteiger partial charge in [0.2, 0.25) is 5.91 Å². The second-order valence-electron chi connectivity index (χ2n) is 10.1. The van der Waals surface area contributed by atoms with Crippen molar-refractivity contribution in [3.63, 3.8) is 0 Å². The summed E-state index contributed by atoms with van der Waals surface area (Å²) in [5, 5.41) is 0. The molecule has 6 nitrogen and oxygen atoms in total. The van der Waals surface area contributed by atoms with Crippen LogP contribution >= 0.6 is 0 Å². The third-order valence-electron chi connectivity index (χ3n) is 7.60. The maximum Gasteiger partial charge on any atom is 0.225 e. The van der Waals surface area contributed by atoms with Crippen molar-refractivity contribution in [2.24, 2.45) is 5.92 Å². The summed E-state index contributed by atoms with van der Waals surface area (Å²) in [7, 11) is 1.72. The lowest BCUT2D eigenvalue weighted by Crippen LogP contribution is -2.51. The van der Waals surface area contributed by atoms with Crippen LogP contribution in [0.5, 0.6) is 0 Å². The normalized spacial score (nSPS) is 16.2. The molecule has 2 heterocycles. The van der Waals surface area contributed by atoms with Gasteiger partial charge in [-0.05, 0) is 37.8 Å². The van der Waals surface area contributed by atoms with Gasteiger partial charge in [-0.15, -0.1) is 0 Å². The molecule has 0 N–H and O–H groups in total. The molecule has 0 atom stereocenters. The van der Waals surface area contributed by atoms with Gasteiger partial charge < -0.3 is 14.5 Å². The summed E-state index contributed by atoms with van der Waals surface area (Å²) in [6.07, 6.45) is 4.03. The number of hydrogen-bond donors (Lipinski definition) is 0.